The van der Waals surface area contributed by atoms with Crippen LogP contribution in [0.4, 0.5) is 0 Å². The third-order valence-electron chi connectivity index (χ3n) is 6.11. The molecule has 0 radical (unpaired) electrons. The Morgan fingerprint density at radius 3 is 2.13 bits per heavy atom. The maximum atomic E-state index is 12.8. The highest BCUT2D eigenvalue weighted by Gasteiger charge is 2.40. The molecule has 2 aromatic rings. The van der Waals surface area contributed by atoms with Crippen molar-refractivity contribution in [3.05, 3.63) is 46.7 Å². The van der Waals surface area contributed by atoms with Crippen molar-refractivity contribution in [3.8, 4) is 0 Å². The van der Waals surface area contributed by atoms with Crippen molar-refractivity contribution in [1.82, 2.24) is 19.4 Å². The number of carbonyl (C=O) groups is 3. The number of aryl methyl sites for hydroxylation is 2. The van der Waals surface area contributed by atoms with E-state index in [0.717, 1.165) is 31.5 Å². The van der Waals surface area contributed by atoms with Gasteiger partial charge < -0.3 is 20.4 Å². The van der Waals surface area contributed by atoms with Gasteiger partial charge in [0.15, 0.2) is 5.60 Å². The molecule has 0 spiro atoms. The van der Waals surface area contributed by atoms with Gasteiger partial charge in [0.2, 0.25) is 10.0 Å². The van der Waals surface area contributed by atoms with E-state index >= 15 is 0 Å². The molecule has 1 unspecified atom stereocenters. The molecule has 0 bridgehead atoms. The Labute approximate surface area is 231 Å². The van der Waals surface area contributed by atoms with E-state index in [2.05, 4.69) is 14.7 Å². The van der Waals surface area contributed by atoms with Gasteiger partial charge in [-0.05, 0) is 51.4 Å². The Kier molecular flexibility index (Phi) is 11.4. The first-order chi connectivity index (χ1) is 18.2. The molecule has 1 aliphatic rings. The number of benzene rings is 1. The van der Waals surface area contributed by atoms with Gasteiger partial charge in [0.25, 0.3) is 0 Å². The third kappa shape index (κ3) is 9.00. The average Bonchev–Trinajstić information content (AvgIpc) is 3.50. The zero-order valence-electron chi connectivity index (χ0n) is 21.6. The molecule has 1 aromatic carbocycles. The minimum Gasteiger partial charge on any atom is -0.481 e. The van der Waals surface area contributed by atoms with E-state index in [0.29, 0.717) is 17.3 Å². The molecular formula is C24H33ClN4O9S. The van der Waals surface area contributed by atoms with E-state index in [4.69, 9.17) is 32.0 Å². The van der Waals surface area contributed by atoms with Crippen LogP contribution < -0.4 is 4.72 Å². The molecule has 39 heavy (non-hydrogen) atoms. The molecule has 15 heteroatoms. The second-order valence-corrected chi connectivity index (χ2v) is 11.2. The summed E-state index contributed by atoms with van der Waals surface area (Å²) in [6.45, 7) is 6.45. The molecule has 1 fully saturated rings. The predicted octanol–water partition coefficient (Wildman–Crippen LogP) is 1.73. The summed E-state index contributed by atoms with van der Waals surface area (Å²) in [6, 6.07) is 7.57. The number of aliphatic hydroxyl groups is 1. The number of hydrogen-bond donors (Lipinski definition) is 5. The number of nitrogens with zero attached hydrogens (tertiary/aromatic N) is 3. The monoisotopic (exact) mass is 588 g/mol. The normalized spacial score (nSPS) is 14.9. The van der Waals surface area contributed by atoms with Crippen molar-refractivity contribution in [2.24, 2.45) is 0 Å². The van der Waals surface area contributed by atoms with E-state index in [1.165, 1.54) is 0 Å². The van der Waals surface area contributed by atoms with Gasteiger partial charge in [-0.2, -0.15) is 5.10 Å². The minimum absolute atomic E-state index is 0.0810. The van der Waals surface area contributed by atoms with Gasteiger partial charge in [0.1, 0.15) is 4.90 Å². The number of nitrogens with one attached hydrogen (secondary N) is 1. The van der Waals surface area contributed by atoms with Crippen LogP contribution in [0.5, 0.6) is 0 Å². The summed E-state index contributed by atoms with van der Waals surface area (Å²) in [4.78, 5) is 33.0. The first-order valence-corrected chi connectivity index (χ1v) is 14.0. The molecule has 1 aliphatic heterocycles. The summed E-state index contributed by atoms with van der Waals surface area (Å²) < 4.78 is 30.0. The van der Waals surface area contributed by atoms with Gasteiger partial charge in [-0.1, -0.05) is 29.8 Å². The van der Waals surface area contributed by atoms with Crippen LogP contribution in [-0.2, 0) is 31.0 Å². The number of sulfonamides is 1. The van der Waals surface area contributed by atoms with E-state index in [9.17, 15) is 22.8 Å². The highest BCUT2D eigenvalue weighted by Crippen LogP contribution is 2.30. The fourth-order valence-corrected chi connectivity index (χ4v) is 5.62. The largest absolute Gasteiger partial charge is 0.481 e. The van der Waals surface area contributed by atoms with Crippen LogP contribution >= 0.6 is 11.6 Å². The average molecular weight is 589 g/mol. The topological polar surface area (TPSA) is 199 Å². The maximum absolute atomic E-state index is 12.8. The molecule has 13 nitrogen and oxygen atoms in total. The molecular weight excluding hydrogens is 556 g/mol. The van der Waals surface area contributed by atoms with E-state index in [1.54, 1.807) is 17.8 Å². The van der Waals surface area contributed by atoms with E-state index in [-0.39, 0.29) is 17.5 Å². The third-order valence-corrected chi connectivity index (χ3v) is 7.98. The quantitative estimate of drug-likeness (QED) is 0.242. The second-order valence-electron chi connectivity index (χ2n) is 9.04. The maximum Gasteiger partial charge on any atom is 0.336 e. The van der Waals surface area contributed by atoms with Crippen LogP contribution in [0.25, 0.3) is 0 Å². The van der Waals surface area contributed by atoms with Gasteiger partial charge in [0, 0.05) is 30.4 Å². The van der Waals surface area contributed by atoms with Crippen molar-refractivity contribution >= 4 is 39.5 Å². The lowest BCUT2D eigenvalue weighted by Crippen LogP contribution is -2.42. The smallest absolute Gasteiger partial charge is 0.336 e. The first kappa shape index (κ1) is 32.2. The van der Waals surface area contributed by atoms with Gasteiger partial charge in [0.05, 0.1) is 18.5 Å². The molecule has 3 rings (SSSR count). The zero-order valence-corrected chi connectivity index (χ0v) is 23.2. The Balaban J connectivity index is 0.000000349. The van der Waals surface area contributed by atoms with Crippen LogP contribution in [0.1, 0.15) is 49.9 Å². The molecule has 5 N–H and O–H groups in total. The molecule has 1 atom stereocenters. The van der Waals surface area contributed by atoms with Crippen LogP contribution in [0.3, 0.4) is 0 Å². The van der Waals surface area contributed by atoms with Crippen molar-refractivity contribution < 1.29 is 43.2 Å². The number of aromatic nitrogens is 2. The van der Waals surface area contributed by atoms with Crippen LogP contribution in [0.15, 0.2) is 35.4 Å². The summed E-state index contributed by atoms with van der Waals surface area (Å²) in [6.07, 6.45) is 1.54. The molecule has 0 amide bonds. The van der Waals surface area contributed by atoms with Crippen LogP contribution in [0.2, 0.25) is 5.02 Å². The Hall–Kier alpha value is -3.04. The lowest BCUT2D eigenvalue weighted by Gasteiger charge is -2.28. The highest BCUT2D eigenvalue weighted by atomic mass is 35.5. The highest BCUT2D eigenvalue weighted by molar-refractivity contribution is 7.89. The van der Waals surface area contributed by atoms with Gasteiger partial charge in [-0.3, -0.25) is 19.2 Å². The van der Waals surface area contributed by atoms with Crippen molar-refractivity contribution in [2.75, 3.05) is 19.6 Å². The Morgan fingerprint density at radius 1 is 1.10 bits per heavy atom. The van der Waals surface area contributed by atoms with Crippen LogP contribution in [-0.4, -0.2) is 86.7 Å². The number of likely N-dealkylation sites (tertiary alicyclic amines) is 1. The summed E-state index contributed by atoms with van der Waals surface area (Å²) in [5, 5.41) is 38.7. The fourth-order valence-electron chi connectivity index (χ4n) is 4.14. The SMILES string of the molecule is CCn1cc(S(=O)(=O)NCC(c2ccccc2Cl)N2CCCC2)c(C)n1.O=C(O)CC(O)(CC(=O)O)C(=O)O. The number of rotatable bonds is 12. The van der Waals surface area contributed by atoms with Gasteiger partial charge >= 0.3 is 17.9 Å². The van der Waals surface area contributed by atoms with Crippen LogP contribution in [0, 0.1) is 6.92 Å². The molecule has 1 saturated heterocycles. The van der Waals surface area contributed by atoms with Crippen molar-refractivity contribution in [2.45, 2.75) is 62.6 Å². The number of carboxylic acid groups (broad SMARTS) is 3. The molecule has 2 heterocycles. The standard InChI is InChI=1S/C18H25ClN4O2S.C6H8O7/c1-3-23-13-18(14(2)21-23)26(24,25)20-12-17(22-10-6-7-11-22)15-8-4-5-9-16(15)19;7-3(8)1-6(13,5(11)12)2-4(9)10/h4-5,8-9,13,17,20H,3,6-7,10-12H2,1-2H3;13H,1-2H2,(H,7,8)(H,9,10)(H,11,12). The van der Waals surface area contributed by atoms with Crippen molar-refractivity contribution in [3.63, 3.8) is 0 Å². The number of carboxylic acids is 3. The summed E-state index contributed by atoms with van der Waals surface area (Å²) in [5.41, 5.74) is -1.27. The summed E-state index contributed by atoms with van der Waals surface area (Å²) in [7, 11) is -3.63. The minimum atomic E-state index is -3.63. The van der Waals surface area contributed by atoms with Crippen molar-refractivity contribution in [1.29, 1.82) is 0 Å². The van der Waals surface area contributed by atoms with E-state index < -0.39 is 46.4 Å². The number of halogens is 1. The van der Waals surface area contributed by atoms with E-state index in [1.807, 2.05) is 31.2 Å². The summed E-state index contributed by atoms with van der Waals surface area (Å²) >= 11 is 6.39. The van der Waals surface area contributed by atoms with Gasteiger partial charge in [-0.25, -0.2) is 17.9 Å². The Bertz CT molecular complexity index is 1260. The fraction of sp³-hybridized carbons (Fsp3) is 0.500. The molecule has 0 aliphatic carbocycles. The lowest BCUT2D eigenvalue weighted by atomic mass is 9.96. The first-order valence-electron chi connectivity index (χ1n) is 12.1. The second kappa shape index (κ2) is 13.8. The van der Waals surface area contributed by atoms with Gasteiger partial charge in [-0.15, -0.1) is 0 Å². The lowest BCUT2D eigenvalue weighted by molar-refractivity contribution is -0.170. The zero-order chi connectivity index (χ0) is 29.4. The number of aliphatic carboxylic acids is 3. The number of hydrogen-bond acceptors (Lipinski definition) is 8. The molecule has 216 valence electrons. The molecule has 1 aromatic heterocycles. The molecule has 0 saturated carbocycles. The summed E-state index contributed by atoms with van der Waals surface area (Å²) in [5.74, 6) is -5.02. The Morgan fingerprint density at radius 2 is 1.67 bits per heavy atom. The predicted molar refractivity (Wildman–Crippen MR) is 140 cm³/mol.